The summed E-state index contributed by atoms with van der Waals surface area (Å²) in [5.41, 5.74) is 1.03. The lowest BCUT2D eigenvalue weighted by Crippen LogP contribution is -2.52. The first-order valence-corrected chi connectivity index (χ1v) is 9.81. The monoisotopic (exact) mass is 434 g/mol. The number of rotatable bonds is 6. The van der Waals surface area contributed by atoms with Gasteiger partial charge in [-0.1, -0.05) is 0 Å². The fraction of sp³-hybridized carbons (Fsp3) is 0.650. The van der Waals surface area contributed by atoms with E-state index in [1.807, 2.05) is 24.1 Å². The molecule has 0 radical (unpaired) electrons. The van der Waals surface area contributed by atoms with Crippen molar-refractivity contribution in [1.29, 1.82) is 0 Å². The lowest BCUT2D eigenvalue weighted by molar-refractivity contribution is -0.133. The quantitative estimate of drug-likeness (QED) is 0.746. The van der Waals surface area contributed by atoms with Crippen molar-refractivity contribution in [2.75, 3.05) is 64.3 Å². The molecule has 28 heavy (non-hydrogen) atoms. The number of nitrogens with zero attached hydrogens (tertiary/aromatic N) is 3. The van der Waals surface area contributed by atoms with E-state index in [-0.39, 0.29) is 36.5 Å². The minimum Gasteiger partial charge on any atom is -0.368 e. The van der Waals surface area contributed by atoms with Gasteiger partial charge in [-0.15, -0.1) is 24.8 Å². The van der Waals surface area contributed by atoms with Crippen molar-refractivity contribution in [2.45, 2.75) is 19.3 Å². The summed E-state index contributed by atoms with van der Waals surface area (Å²) < 4.78 is 13.1. The standard InChI is InChI=1S/C20H31FN4O.2ClH/c1-22-9-6-17-7-10-23(11-8-17)16-20(26)25-14-12-24(13-15-25)19-4-2-18(21)3-5-19;;/h2-5,17,22H,6-16H2,1H3;2*1H. The fourth-order valence-electron chi connectivity index (χ4n) is 3.94. The van der Waals surface area contributed by atoms with Gasteiger partial charge in [0, 0.05) is 31.9 Å². The highest BCUT2D eigenvalue weighted by atomic mass is 35.5. The number of amides is 1. The molecule has 2 fully saturated rings. The summed E-state index contributed by atoms with van der Waals surface area (Å²) in [4.78, 5) is 19.1. The van der Waals surface area contributed by atoms with Crippen LogP contribution in [0.1, 0.15) is 19.3 Å². The number of hydrogen-bond acceptors (Lipinski definition) is 4. The number of nitrogens with one attached hydrogen (secondary N) is 1. The first-order valence-electron chi connectivity index (χ1n) is 9.81. The average molecular weight is 435 g/mol. The summed E-state index contributed by atoms with van der Waals surface area (Å²) in [5, 5.41) is 3.22. The molecular weight excluding hydrogens is 402 g/mol. The Bertz CT molecular complexity index is 574. The molecule has 2 saturated heterocycles. The molecule has 0 unspecified atom stereocenters. The van der Waals surface area contributed by atoms with E-state index in [4.69, 9.17) is 0 Å². The van der Waals surface area contributed by atoms with Crippen molar-refractivity contribution < 1.29 is 9.18 Å². The maximum atomic E-state index is 13.1. The Hall–Kier alpha value is -1.08. The molecule has 0 spiro atoms. The summed E-state index contributed by atoms with van der Waals surface area (Å²) in [6.07, 6.45) is 3.64. The van der Waals surface area contributed by atoms with Crippen LogP contribution >= 0.6 is 24.8 Å². The molecule has 1 N–H and O–H groups in total. The third-order valence-electron chi connectivity index (χ3n) is 5.69. The third kappa shape index (κ3) is 7.07. The van der Waals surface area contributed by atoms with Crippen LogP contribution < -0.4 is 10.2 Å². The predicted octanol–water partition coefficient (Wildman–Crippen LogP) is 2.64. The predicted molar refractivity (Wildman–Crippen MR) is 117 cm³/mol. The van der Waals surface area contributed by atoms with E-state index in [2.05, 4.69) is 15.1 Å². The second-order valence-corrected chi connectivity index (χ2v) is 7.46. The molecule has 160 valence electrons. The van der Waals surface area contributed by atoms with E-state index < -0.39 is 0 Å². The molecule has 5 nitrogen and oxygen atoms in total. The number of hydrogen-bond donors (Lipinski definition) is 1. The zero-order valence-corrected chi connectivity index (χ0v) is 18.2. The van der Waals surface area contributed by atoms with Crippen LogP contribution in [0.5, 0.6) is 0 Å². The van der Waals surface area contributed by atoms with Gasteiger partial charge in [0.1, 0.15) is 5.82 Å². The van der Waals surface area contributed by atoms with Gasteiger partial charge < -0.3 is 15.1 Å². The van der Waals surface area contributed by atoms with E-state index in [1.54, 1.807) is 0 Å². The smallest absolute Gasteiger partial charge is 0.236 e. The third-order valence-corrected chi connectivity index (χ3v) is 5.69. The number of carbonyl (C=O) groups is 1. The molecule has 2 aliphatic heterocycles. The fourth-order valence-corrected chi connectivity index (χ4v) is 3.94. The van der Waals surface area contributed by atoms with Gasteiger partial charge in [-0.25, -0.2) is 4.39 Å². The maximum Gasteiger partial charge on any atom is 0.236 e. The molecule has 1 aromatic carbocycles. The highest BCUT2D eigenvalue weighted by Crippen LogP contribution is 2.20. The summed E-state index contributed by atoms with van der Waals surface area (Å²) in [5.74, 6) is 0.836. The van der Waals surface area contributed by atoms with Crippen molar-refractivity contribution in [1.82, 2.24) is 15.1 Å². The Morgan fingerprint density at radius 3 is 2.21 bits per heavy atom. The van der Waals surface area contributed by atoms with E-state index in [0.29, 0.717) is 6.54 Å². The molecule has 3 rings (SSSR count). The normalized spacial score (nSPS) is 18.4. The van der Waals surface area contributed by atoms with Gasteiger partial charge in [0.05, 0.1) is 6.54 Å². The lowest BCUT2D eigenvalue weighted by atomic mass is 9.93. The van der Waals surface area contributed by atoms with Gasteiger partial charge in [-0.2, -0.15) is 0 Å². The molecule has 0 atom stereocenters. The first-order chi connectivity index (χ1) is 12.7. The molecule has 2 aliphatic rings. The van der Waals surface area contributed by atoms with Crippen molar-refractivity contribution in [3.8, 4) is 0 Å². The van der Waals surface area contributed by atoms with Crippen molar-refractivity contribution in [3.63, 3.8) is 0 Å². The number of likely N-dealkylation sites (tertiary alicyclic amines) is 1. The molecule has 8 heteroatoms. The molecule has 0 bridgehead atoms. The molecule has 2 heterocycles. The van der Waals surface area contributed by atoms with Gasteiger partial charge in [-0.3, -0.25) is 9.69 Å². The number of carbonyl (C=O) groups excluding carboxylic acids is 1. The number of anilines is 1. The van der Waals surface area contributed by atoms with Crippen molar-refractivity contribution >= 4 is 36.4 Å². The van der Waals surface area contributed by atoms with E-state index in [0.717, 1.165) is 57.4 Å². The molecule has 1 amide bonds. The van der Waals surface area contributed by atoms with Crippen molar-refractivity contribution in [2.24, 2.45) is 5.92 Å². The van der Waals surface area contributed by atoms with Crippen LogP contribution in [0.4, 0.5) is 10.1 Å². The molecule has 0 aliphatic carbocycles. The number of halogens is 3. The summed E-state index contributed by atoms with van der Waals surface area (Å²) in [6, 6.07) is 6.61. The SMILES string of the molecule is CNCCC1CCN(CC(=O)N2CCN(c3ccc(F)cc3)CC2)CC1.Cl.Cl. The molecular formula is C20H33Cl2FN4O. The second kappa shape index (κ2) is 12.5. The highest BCUT2D eigenvalue weighted by Gasteiger charge is 2.25. The van der Waals surface area contributed by atoms with Crippen LogP contribution in [0.25, 0.3) is 0 Å². The zero-order valence-electron chi connectivity index (χ0n) is 16.6. The Morgan fingerprint density at radius 1 is 1.04 bits per heavy atom. The maximum absolute atomic E-state index is 13.1. The summed E-state index contributed by atoms with van der Waals surface area (Å²) in [7, 11) is 2.00. The Morgan fingerprint density at radius 2 is 1.64 bits per heavy atom. The minimum atomic E-state index is -0.211. The number of piperazine rings is 1. The summed E-state index contributed by atoms with van der Waals surface area (Å²) >= 11 is 0. The molecule has 1 aromatic rings. The van der Waals surface area contributed by atoms with Gasteiger partial charge in [0.15, 0.2) is 0 Å². The molecule has 0 aromatic heterocycles. The Labute approximate surface area is 180 Å². The van der Waals surface area contributed by atoms with E-state index >= 15 is 0 Å². The number of piperidine rings is 1. The second-order valence-electron chi connectivity index (χ2n) is 7.46. The topological polar surface area (TPSA) is 38.8 Å². The van der Waals surface area contributed by atoms with Crippen LogP contribution in [0.3, 0.4) is 0 Å². The average Bonchev–Trinajstić information content (AvgIpc) is 2.68. The van der Waals surface area contributed by atoms with E-state index in [1.165, 1.54) is 31.4 Å². The van der Waals surface area contributed by atoms with Gasteiger partial charge in [0.25, 0.3) is 0 Å². The van der Waals surface area contributed by atoms with Gasteiger partial charge >= 0.3 is 0 Å². The minimum absolute atomic E-state index is 0. The van der Waals surface area contributed by atoms with E-state index in [9.17, 15) is 9.18 Å². The largest absolute Gasteiger partial charge is 0.368 e. The molecule has 0 saturated carbocycles. The zero-order chi connectivity index (χ0) is 18.4. The van der Waals surface area contributed by atoms with Gasteiger partial charge in [-0.05, 0) is 76.1 Å². The van der Waals surface area contributed by atoms with Gasteiger partial charge in [0.2, 0.25) is 5.91 Å². The number of benzene rings is 1. The van der Waals surface area contributed by atoms with Crippen LogP contribution in [0, 0.1) is 11.7 Å². The van der Waals surface area contributed by atoms with Crippen LogP contribution in [0.2, 0.25) is 0 Å². The van der Waals surface area contributed by atoms with Crippen molar-refractivity contribution in [3.05, 3.63) is 30.1 Å². The first kappa shape index (κ1) is 25.0. The van der Waals surface area contributed by atoms with Crippen LogP contribution in [0.15, 0.2) is 24.3 Å². The lowest BCUT2D eigenvalue weighted by Gasteiger charge is -2.38. The highest BCUT2D eigenvalue weighted by molar-refractivity contribution is 5.85. The van der Waals surface area contributed by atoms with Crippen LogP contribution in [-0.2, 0) is 4.79 Å². The summed E-state index contributed by atoms with van der Waals surface area (Å²) in [6.45, 7) is 6.82. The Balaban J connectivity index is 0.00000196. The van der Waals surface area contributed by atoms with Crippen LogP contribution in [-0.4, -0.2) is 75.1 Å². The Kier molecular flexibility index (Phi) is 11.1.